The lowest BCUT2D eigenvalue weighted by Gasteiger charge is -2.30. The van der Waals surface area contributed by atoms with Gasteiger partial charge in [-0.1, -0.05) is 19.8 Å². The van der Waals surface area contributed by atoms with Crippen molar-refractivity contribution < 1.29 is 28.4 Å². The van der Waals surface area contributed by atoms with E-state index >= 15 is 0 Å². The van der Waals surface area contributed by atoms with Gasteiger partial charge in [-0.25, -0.2) is 0 Å². The molecule has 2 aromatic carbocycles. The van der Waals surface area contributed by atoms with Crippen molar-refractivity contribution in [3.8, 4) is 23.0 Å². The summed E-state index contributed by atoms with van der Waals surface area (Å²) in [6, 6.07) is 11.5. The van der Waals surface area contributed by atoms with Gasteiger partial charge >= 0.3 is 0 Å². The van der Waals surface area contributed by atoms with Crippen LogP contribution < -0.4 is 18.9 Å². The molecular weight excluding hydrogens is 396 g/mol. The number of methoxy groups -OCH3 is 4. The van der Waals surface area contributed by atoms with Gasteiger partial charge in [-0.05, 0) is 48.7 Å². The van der Waals surface area contributed by atoms with Crippen molar-refractivity contribution in [2.45, 2.75) is 58.5 Å². The number of benzene rings is 2. The summed E-state index contributed by atoms with van der Waals surface area (Å²) in [7, 11) is 6.55. The topological polar surface area (TPSA) is 55.4 Å². The van der Waals surface area contributed by atoms with Crippen LogP contribution in [0.15, 0.2) is 36.4 Å². The molecule has 2 rings (SSSR count). The van der Waals surface area contributed by atoms with Crippen molar-refractivity contribution >= 4 is 0 Å². The van der Waals surface area contributed by atoms with E-state index in [0.29, 0.717) is 13.2 Å². The quantitative estimate of drug-likeness (QED) is 0.280. The van der Waals surface area contributed by atoms with Gasteiger partial charge in [0.25, 0.3) is 0 Å². The fourth-order valence-electron chi connectivity index (χ4n) is 3.25. The van der Waals surface area contributed by atoms with Crippen LogP contribution in [-0.2, 0) is 22.7 Å². The predicted molar refractivity (Wildman–Crippen MR) is 121 cm³/mol. The number of ether oxygens (including phenoxy) is 6. The average molecular weight is 433 g/mol. The molecule has 0 N–H and O–H groups in total. The van der Waals surface area contributed by atoms with E-state index in [2.05, 4.69) is 6.92 Å². The van der Waals surface area contributed by atoms with Crippen LogP contribution in [-0.4, -0.2) is 34.2 Å². The smallest absolute Gasteiger partial charge is 0.166 e. The maximum absolute atomic E-state index is 6.30. The molecule has 0 unspecified atom stereocenters. The van der Waals surface area contributed by atoms with Gasteiger partial charge in [-0.3, -0.25) is 0 Å². The second kappa shape index (κ2) is 12.4. The zero-order chi connectivity index (χ0) is 22.7. The Morgan fingerprint density at radius 2 is 1.00 bits per heavy atom. The minimum atomic E-state index is -0.734. The first-order valence-electron chi connectivity index (χ1n) is 10.7. The first-order valence-corrected chi connectivity index (χ1v) is 10.7. The van der Waals surface area contributed by atoms with Gasteiger partial charge in [0.2, 0.25) is 0 Å². The van der Waals surface area contributed by atoms with Crippen LogP contribution in [0.25, 0.3) is 0 Å². The van der Waals surface area contributed by atoms with Crippen LogP contribution in [0.1, 0.15) is 50.7 Å². The molecule has 0 aliphatic heterocycles. The average Bonchev–Trinajstić information content (AvgIpc) is 2.81. The first-order chi connectivity index (χ1) is 14.9. The number of hydrogen-bond acceptors (Lipinski definition) is 6. The van der Waals surface area contributed by atoms with Crippen molar-refractivity contribution in [3.05, 3.63) is 47.5 Å². The Bertz CT molecular complexity index is 701. The van der Waals surface area contributed by atoms with Crippen molar-refractivity contribution in [1.82, 2.24) is 0 Å². The summed E-state index contributed by atoms with van der Waals surface area (Å²) >= 11 is 0. The van der Waals surface area contributed by atoms with Crippen LogP contribution in [0, 0.1) is 0 Å². The summed E-state index contributed by atoms with van der Waals surface area (Å²) < 4.78 is 34.1. The normalized spacial score (nSPS) is 11.3. The van der Waals surface area contributed by atoms with Crippen molar-refractivity contribution in [2.75, 3.05) is 28.4 Å². The fourth-order valence-corrected chi connectivity index (χ4v) is 3.25. The van der Waals surface area contributed by atoms with E-state index in [9.17, 15) is 0 Å². The molecule has 0 saturated carbocycles. The van der Waals surface area contributed by atoms with E-state index in [1.807, 2.05) is 43.3 Å². The zero-order valence-electron chi connectivity index (χ0n) is 19.7. The third-order valence-corrected chi connectivity index (χ3v) is 5.15. The molecule has 0 spiro atoms. The Kier molecular flexibility index (Phi) is 9.95. The van der Waals surface area contributed by atoms with Gasteiger partial charge in [0.1, 0.15) is 23.0 Å². The summed E-state index contributed by atoms with van der Waals surface area (Å²) in [6.07, 6.45) is 4.08. The van der Waals surface area contributed by atoms with Crippen molar-refractivity contribution in [3.63, 3.8) is 0 Å². The van der Waals surface area contributed by atoms with Crippen LogP contribution in [0.4, 0.5) is 0 Å². The molecule has 0 aliphatic carbocycles. The van der Waals surface area contributed by atoms with Gasteiger partial charge in [0.05, 0.1) is 41.7 Å². The van der Waals surface area contributed by atoms with Crippen molar-refractivity contribution in [2.24, 2.45) is 0 Å². The van der Waals surface area contributed by atoms with Crippen LogP contribution in [0.5, 0.6) is 23.0 Å². The van der Waals surface area contributed by atoms with Crippen LogP contribution >= 0.6 is 0 Å². The maximum atomic E-state index is 6.30. The van der Waals surface area contributed by atoms with Gasteiger partial charge < -0.3 is 28.4 Å². The number of unbranched alkanes of at least 4 members (excludes halogenated alkanes) is 2. The number of hydrogen-bond donors (Lipinski definition) is 0. The lowest BCUT2D eigenvalue weighted by molar-refractivity contribution is -0.243. The maximum Gasteiger partial charge on any atom is 0.166 e. The highest BCUT2D eigenvalue weighted by molar-refractivity contribution is 5.39. The summed E-state index contributed by atoms with van der Waals surface area (Å²) in [4.78, 5) is 0. The second-order valence-electron chi connectivity index (χ2n) is 7.61. The highest BCUT2D eigenvalue weighted by Gasteiger charge is 2.26. The van der Waals surface area contributed by atoms with Crippen molar-refractivity contribution in [1.29, 1.82) is 0 Å². The Labute approximate surface area is 186 Å². The molecule has 172 valence electrons. The zero-order valence-corrected chi connectivity index (χ0v) is 19.7. The summed E-state index contributed by atoms with van der Waals surface area (Å²) in [5, 5.41) is 0. The standard InChI is InChI=1S/C25H36O6/c1-7-8-9-10-25(2,30-17-19-11-21(26-3)15-22(12-19)27-4)31-18-20-13-23(28-5)16-24(14-20)29-6/h11-16H,7-10,17-18H2,1-6H3. The predicted octanol–water partition coefficient (Wildman–Crippen LogP) is 5.75. The highest BCUT2D eigenvalue weighted by Crippen LogP contribution is 2.29. The van der Waals surface area contributed by atoms with E-state index in [4.69, 9.17) is 28.4 Å². The van der Waals surface area contributed by atoms with Gasteiger partial charge in [0, 0.05) is 18.6 Å². The minimum Gasteiger partial charge on any atom is -0.497 e. The molecular formula is C25H36O6. The summed E-state index contributed by atoms with van der Waals surface area (Å²) in [5.41, 5.74) is 1.93. The Balaban J connectivity index is 2.12. The SMILES string of the molecule is CCCCCC(C)(OCc1cc(OC)cc(OC)c1)OCc1cc(OC)cc(OC)c1. The molecule has 0 fully saturated rings. The first kappa shape index (κ1) is 24.8. The van der Waals surface area contributed by atoms with E-state index in [1.165, 1.54) is 0 Å². The van der Waals surface area contributed by atoms with Crippen LogP contribution in [0.3, 0.4) is 0 Å². The third kappa shape index (κ3) is 7.96. The largest absolute Gasteiger partial charge is 0.497 e. The van der Waals surface area contributed by atoms with E-state index in [-0.39, 0.29) is 0 Å². The van der Waals surface area contributed by atoms with E-state index < -0.39 is 5.79 Å². The molecule has 6 nitrogen and oxygen atoms in total. The van der Waals surface area contributed by atoms with Gasteiger partial charge in [-0.15, -0.1) is 0 Å². The molecule has 0 bridgehead atoms. The highest BCUT2D eigenvalue weighted by atomic mass is 16.7. The summed E-state index contributed by atoms with van der Waals surface area (Å²) in [6.45, 7) is 4.96. The monoisotopic (exact) mass is 432 g/mol. The second-order valence-corrected chi connectivity index (χ2v) is 7.61. The molecule has 0 heterocycles. The fraction of sp³-hybridized carbons (Fsp3) is 0.520. The molecule has 6 heteroatoms. The van der Waals surface area contributed by atoms with E-state index in [1.54, 1.807) is 28.4 Å². The lowest BCUT2D eigenvalue weighted by Crippen LogP contribution is -2.32. The molecule has 0 atom stereocenters. The molecule has 2 aromatic rings. The lowest BCUT2D eigenvalue weighted by atomic mass is 10.1. The molecule has 0 amide bonds. The minimum absolute atomic E-state index is 0.387. The molecule has 0 aliphatic rings. The van der Waals surface area contributed by atoms with Gasteiger partial charge in [0.15, 0.2) is 5.79 Å². The Morgan fingerprint density at radius 1 is 0.613 bits per heavy atom. The molecule has 31 heavy (non-hydrogen) atoms. The Morgan fingerprint density at radius 3 is 1.32 bits per heavy atom. The van der Waals surface area contributed by atoms with Gasteiger partial charge in [-0.2, -0.15) is 0 Å². The Hall–Kier alpha value is -2.44. The molecule has 0 saturated heterocycles. The number of rotatable bonds is 14. The molecule has 0 radical (unpaired) electrons. The molecule has 0 aromatic heterocycles. The third-order valence-electron chi connectivity index (χ3n) is 5.15. The summed E-state index contributed by atoms with van der Waals surface area (Å²) in [5.74, 6) is 2.19. The van der Waals surface area contributed by atoms with E-state index in [0.717, 1.165) is 59.8 Å². The van der Waals surface area contributed by atoms with Crippen LogP contribution in [0.2, 0.25) is 0 Å².